The Morgan fingerprint density at radius 1 is 1.23 bits per heavy atom. The molecule has 0 bridgehead atoms. The maximum absolute atomic E-state index is 12.2. The summed E-state index contributed by atoms with van der Waals surface area (Å²) in [7, 11) is 0. The second kappa shape index (κ2) is 7.73. The van der Waals surface area contributed by atoms with E-state index in [9.17, 15) is 14.4 Å². The van der Waals surface area contributed by atoms with Crippen LogP contribution in [0.25, 0.3) is 0 Å². The molecule has 0 saturated carbocycles. The molecular formula is C17H21NO4. The Balaban J connectivity index is 1.93. The number of carbonyl (C=O) groups excluding carboxylic acids is 3. The zero-order valence-corrected chi connectivity index (χ0v) is 12.8. The largest absolute Gasteiger partial charge is 0.459 e. The highest BCUT2D eigenvalue weighted by Gasteiger charge is 2.37. The third-order valence-electron chi connectivity index (χ3n) is 3.73. The summed E-state index contributed by atoms with van der Waals surface area (Å²) in [5, 5.41) is 0. The number of hydrogen-bond acceptors (Lipinski definition) is 4. The van der Waals surface area contributed by atoms with E-state index >= 15 is 0 Å². The molecule has 1 fully saturated rings. The minimum atomic E-state index is -0.628. The van der Waals surface area contributed by atoms with Gasteiger partial charge in [-0.1, -0.05) is 37.3 Å². The van der Waals surface area contributed by atoms with Gasteiger partial charge < -0.3 is 9.64 Å². The fourth-order valence-electron chi connectivity index (χ4n) is 2.57. The third kappa shape index (κ3) is 3.93. The number of ether oxygens (including phenoxy) is 1. The number of benzene rings is 1. The number of nitrogens with zero attached hydrogens (tertiary/aromatic N) is 1. The molecule has 1 aromatic carbocycles. The van der Waals surface area contributed by atoms with Gasteiger partial charge in [0.2, 0.25) is 5.78 Å². The molecule has 0 spiro atoms. The monoisotopic (exact) mass is 303 g/mol. The van der Waals surface area contributed by atoms with E-state index in [1.165, 1.54) is 4.90 Å². The Kier molecular flexibility index (Phi) is 5.69. The van der Waals surface area contributed by atoms with Gasteiger partial charge in [0, 0.05) is 13.0 Å². The predicted molar refractivity (Wildman–Crippen MR) is 80.9 cm³/mol. The smallest absolute Gasteiger partial charge is 0.329 e. The predicted octanol–water partition coefficient (Wildman–Crippen LogP) is 2.09. The first-order valence-corrected chi connectivity index (χ1v) is 7.68. The summed E-state index contributed by atoms with van der Waals surface area (Å²) < 4.78 is 5.29. The van der Waals surface area contributed by atoms with E-state index in [4.69, 9.17) is 4.74 Å². The zero-order valence-electron chi connectivity index (χ0n) is 12.8. The van der Waals surface area contributed by atoms with Crippen LogP contribution in [0.4, 0.5) is 0 Å². The van der Waals surface area contributed by atoms with Crippen molar-refractivity contribution in [1.82, 2.24) is 4.90 Å². The Morgan fingerprint density at radius 3 is 2.64 bits per heavy atom. The first-order valence-electron chi connectivity index (χ1n) is 7.68. The molecule has 22 heavy (non-hydrogen) atoms. The summed E-state index contributed by atoms with van der Waals surface area (Å²) in [6, 6.07) is 8.75. The van der Waals surface area contributed by atoms with Crippen molar-refractivity contribution in [3.05, 3.63) is 35.9 Å². The van der Waals surface area contributed by atoms with Crippen LogP contribution in [-0.4, -0.2) is 35.1 Å². The van der Waals surface area contributed by atoms with Gasteiger partial charge in [-0.2, -0.15) is 0 Å². The van der Waals surface area contributed by atoms with Crippen LogP contribution < -0.4 is 0 Å². The molecule has 0 unspecified atom stereocenters. The maximum Gasteiger partial charge on any atom is 0.329 e. The van der Waals surface area contributed by atoms with E-state index in [1.807, 2.05) is 37.3 Å². The molecule has 0 aliphatic carbocycles. The van der Waals surface area contributed by atoms with Crippen molar-refractivity contribution < 1.29 is 19.1 Å². The number of amides is 1. The van der Waals surface area contributed by atoms with Crippen molar-refractivity contribution in [2.24, 2.45) is 0 Å². The molecule has 2 rings (SSSR count). The van der Waals surface area contributed by atoms with Gasteiger partial charge in [-0.15, -0.1) is 0 Å². The van der Waals surface area contributed by atoms with Crippen LogP contribution in [0.3, 0.4) is 0 Å². The second-order valence-electron chi connectivity index (χ2n) is 5.42. The van der Waals surface area contributed by atoms with Crippen molar-refractivity contribution >= 4 is 17.7 Å². The number of esters is 1. The number of carbonyl (C=O) groups is 3. The first kappa shape index (κ1) is 16.2. The van der Waals surface area contributed by atoms with Gasteiger partial charge in [-0.05, 0) is 24.8 Å². The van der Waals surface area contributed by atoms with Crippen LogP contribution in [0.15, 0.2) is 30.3 Å². The normalized spacial score (nSPS) is 17.3. The fourth-order valence-corrected chi connectivity index (χ4v) is 2.57. The summed E-state index contributed by atoms with van der Waals surface area (Å²) >= 11 is 0. The molecule has 1 aromatic rings. The van der Waals surface area contributed by atoms with E-state index < -0.39 is 23.7 Å². The summed E-state index contributed by atoms with van der Waals surface area (Å²) in [5.41, 5.74) is 0.897. The Labute approximate surface area is 130 Å². The molecule has 118 valence electrons. The molecule has 0 radical (unpaired) electrons. The molecule has 0 aromatic heterocycles. The number of rotatable bonds is 6. The molecule has 1 amide bonds. The number of hydrogen-bond donors (Lipinski definition) is 0. The average molecular weight is 303 g/mol. The van der Waals surface area contributed by atoms with Crippen molar-refractivity contribution in [3.63, 3.8) is 0 Å². The van der Waals surface area contributed by atoms with Gasteiger partial charge >= 0.3 is 5.97 Å². The lowest BCUT2D eigenvalue weighted by molar-refractivity contribution is -0.156. The highest BCUT2D eigenvalue weighted by atomic mass is 16.5. The van der Waals surface area contributed by atoms with Crippen molar-refractivity contribution in [3.8, 4) is 0 Å². The Bertz CT molecular complexity index is 541. The van der Waals surface area contributed by atoms with E-state index in [0.29, 0.717) is 19.4 Å². The van der Waals surface area contributed by atoms with E-state index in [2.05, 4.69) is 0 Å². The van der Waals surface area contributed by atoms with Gasteiger partial charge in [-0.25, -0.2) is 4.79 Å². The summed E-state index contributed by atoms with van der Waals surface area (Å²) in [5.74, 6) is -1.41. The quantitative estimate of drug-likeness (QED) is 0.596. The molecule has 1 aliphatic rings. The number of Topliss-reactive ketones (excluding diaryl/α,β-unsaturated/α-hetero) is 1. The molecule has 1 saturated heterocycles. The molecule has 0 N–H and O–H groups in total. The number of likely N-dealkylation sites (tertiary alicyclic amines) is 1. The highest BCUT2D eigenvalue weighted by molar-refractivity contribution is 6.36. The maximum atomic E-state index is 12.2. The second-order valence-corrected chi connectivity index (χ2v) is 5.42. The highest BCUT2D eigenvalue weighted by Crippen LogP contribution is 2.20. The van der Waals surface area contributed by atoms with Crippen LogP contribution in [-0.2, 0) is 25.7 Å². The lowest BCUT2D eigenvalue weighted by Gasteiger charge is -2.22. The van der Waals surface area contributed by atoms with Gasteiger partial charge in [0.25, 0.3) is 5.91 Å². The average Bonchev–Trinajstić information content (AvgIpc) is 3.02. The third-order valence-corrected chi connectivity index (χ3v) is 3.73. The number of ketones is 1. The van der Waals surface area contributed by atoms with Crippen LogP contribution in [0.5, 0.6) is 0 Å². The molecule has 1 atom stereocenters. The van der Waals surface area contributed by atoms with Crippen LogP contribution in [0, 0.1) is 0 Å². The van der Waals surface area contributed by atoms with E-state index in [-0.39, 0.29) is 13.0 Å². The molecular weight excluding hydrogens is 282 g/mol. The van der Waals surface area contributed by atoms with Gasteiger partial charge in [0.05, 0.1) is 0 Å². The van der Waals surface area contributed by atoms with Gasteiger partial charge in [-0.3, -0.25) is 9.59 Å². The Morgan fingerprint density at radius 2 is 1.95 bits per heavy atom. The zero-order chi connectivity index (χ0) is 15.9. The lowest BCUT2D eigenvalue weighted by Crippen LogP contribution is -2.44. The van der Waals surface area contributed by atoms with Crippen molar-refractivity contribution in [2.45, 2.75) is 45.3 Å². The summed E-state index contributed by atoms with van der Waals surface area (Å²) in [6.07, 6.45) is 2.12. The Hall–Kier alpha value is -2.17. The van der Waals surface area contributed by atoms with Crippen molar-refractivity contribution in [2.75, 3.05) is 6.54 Å². The van der Waals surface area contributed by atoms with Crippen molar-refractivity contribution in [1.29, 1.82) is 0 Å². The summed E-state index contributed by atoms with van der Waals surface area (Å²) in [4.78, 5) is 37.4. The minimum absolute atomic E-state index is 0.182. The standard InChI is InChI=1S/C17H21NO4/c1-2-7-15(19)16(20)18-11-6-10-14(18)17(21)22-12-13-8-4-3-5-9-13/h3-5,8-9,14H,2,6-7,10-12H2,1H3/t14-/m1/s1. The molecule has 5 nitrogen and oxygen atoms in total. The van der Waals surface area contributed by atoms with Crippen LogP contribution >= 0.6 is 0 Å². The molecule has 1 heterocycles. The molecule has 5 heteroatoms. The van der Waals surface area contributed by atoms with Gasteiger partial charge in [0.15, 0.2) is 0 Å². The fraction of sp³-hybridized carbons (Fsp3) is 0.471. The topological polar surface area (TPSA) is 63.7 Å². The van der Waals surface area contributed by atoms with E-state index in [0.717, 1.165) is 12.0 Å². The molecule has 1 aliphatic heterocycles. The first-order chi connectivity index (χ1) is 10.6. The minimum Gasteiger partial charge on any atom is -0.459 e. The van der Waals surface area contributed by atoms with Crippen LogP contribution in [0.1, 0.15) is 38.2 Å². The van der Waals surface area contributed by atoms with Gasteiger partial charge in [0.1, 0.15) is 12.6 Å². The van der Waals surface area contributed by atoms with E-state index in [1.54, 1.807) is 0 Å². The lowest BCUT2D eigenvalue weighted by atomic mass is 10.2. The van der Waals surface area contributed by atoms with Crippen LogP contribution in [0.2, 0.25) is 0 Å². The summed E-state index contributed by atoms with van der Waals surface area (Å²) in [6.45, 7) is 2.47. The SMILES string of the molecule is CCCC(=O)C(=O)N1CCC[C@@H]1C(=O)OCc1ccccc1.